The second-order valence-corrected chi connectivity index (χ2v) is 4.56. The number of nitrogens with zero attached hydrogens (tertiary/aromatic N) is 2. The third kappa shape index (κ3) is 3.64. The molecular formula is C14H17N3O3. The SMILES string of the molecule is CC(CCCO)NC(=O)c1cc(-c2cccnc2)on1. The van der Waals surface area contributed by atoms with Crippen LogP contribution in [-0.2, 0) is 0 Å². The van der Waals surface area contributed by atoms with Crippen molar-refractivity contribution < 1.29 is 14.4 Å². The van der Waals surface area contributed by atoms with Crippen LogP contribution in [0.15, 0.2) is 35.1 Å². The Morgan fingerprint density at radius 1 is 1.55 bits per heavy atom. The summed E-state index contributed by atoms with van der Waals surface area (Å²) in [5.74, 6) is 0.223. The van der Waals surface area contributed by atoms with Gasteiger partial charge >= 0.3 is 0 Å². The molecule has 2 aromatic heterocycles. The van der Waals surface area contributed by atoms with Crippen LogP contribution in [0.25, 0.3) is 11.3 Å². The largest absolute Gasteiger partial charge is 0.396 e. The van der Waals surface area contributed by atoms with Gasteiger partial charge in [0.05, 0.1) is 0 Å². The minimum absolute atomic E-state index is 0.0202. The third-order valence-electron chi connectivity index (χ3n) is 2.86. The highest BCUT2D eigenvalue weighted by molar-refractivity contribution is 5.93. The van der Waals surface area contributed by atoms with E-state index in [0.29, 0.717) is 12.2 Å². The summed E-state index contributed by atoms with van der Waals surface area (Å²) in [6.45, 7) is 2.00. The van der Waals surface area contributed by atoms with Crippen molar-refractivity contribution in [2.24, 2.45) is 0 Å². The van der Waals surface area contributed by atoms with Crippen molar-refractivity contribution in [1.82, 2.24) is 15.5 Å². The standard InChI is InChI=1S/C14H17N3O3/c1-10(4-3-7-18)16-14(19)12-8-13(20-17-12)11-5-2-6-15-9-11/h2,5-6,8-10,18H,3-4,7H2,1H3,(H,16,19). The number of aliphatic hydroxyl groups is 1. The molecule has 0 fully saturated rings. The van der Waals surface area contributed by atoms with Gasteiger partial charge < -0.3 is 14.9 Å². The molecular weight excluding hydrogens is 258 g/mol. The van der Waals surface area contributed by atoms with Gasteiger partial charge in [0, 0.05) is 36.7 Å². The number of hydrogen-bond donors (Lipinski definition) is 2. The number of aliphatic hydroxyl groups excluding tert-OH is 1. The van der Waals surface area contributed by atoms with Crippen molar-refractivity contribution in [3.05, 3.63) is 36.3 Å². The van der Waals surface area contributed by atoms with Gasteiger partial charge in [-0.1, -0.05) is 5.16 Å². The predicted octanol–water partition coefficient (Wildman–Crippen LogP) is 1.63. The lowest BCUT2D eigenvalue weighted by Gasteiger charge is -2.11. The van der Waals surface area contributed by atoms with E-state index in [1.165, 1.54) is 0 Å². The Morgan fingerprint density at radius 3 is 3.10 bits per heavy atom. The number of pyridine rings is 1. The van der Waals surface area contributed by atoms with Gasteiger partial charge in [-0.25, -0.2) is 0 Å². The molecule has 2 rings (SSSR count). The zero-order valence-electron chi connectivity index (χ0n) is 11.2. The summed E-state index contributed by atoms with van der Waals surface area (Å²) in [6, 6.07) is 5.19. The van der Waals surface area contributed by atoms with E-state index in [-0.39, 0.29) is 24.2 Å². The Morgan fingerprint density at radius 2 is 2.40 bits per heavy atom. The molecule has 0 aromatic carbocycles. The van der Waals surface area contributed by atoms with Gasteiger partial charge in [0.25, 0.3) is 5.91 Å². The first-order valence-electron chi connectivity index (χ1n) is 6.49. The van der Waals surface area contributed by atoms with Gasteiger partial charge in [-0.3, -0.25) is 9.78 Å². The zero-order chi connectivity index (χ0) is 14.4. The van der Waals surface area contributed by atoms with Gasteiger partial charge in [0.15, 0.2) is 11.5 Å². The van der Waals surface area contributed by atoms with Gasteiger partial charge in [0.2, 0.25) is 0 Å². The zero-order valence-corrected chi connectivity index (χ0v) is 11.2. The van der Waals surface area contributed by atoms with Crippen molar-refractivity contribution in [2.45, 2.75) is 25.8 Å². The third-order valence-corrected chi connectivity index (χ3v) is 2.86. The summed E-state index contributed by atoms with van der Waals surface area (Å²) < 4.78 is 5.14. The Balaban J connectivity index is 2.00. The molecule has 2 N–H and O–H groups in total. The second kappa shape index (κ2) is 6.81. The van der Waals surface area contributed by atoms with E-state index in [9.17, 15) is 4.79 Å². The number of nitrogens with one attached hydrogen (secondary N) is 1. The van der Waals surface area contributed by atoms with Crippen molar-refractivity contribution in [3.8, 4) is 11.3 Å². The maximum absolute atomic E-state index is 12.0. The Bertz CT molecular complexity index is 554. The number of amides is 1. The summed E-state index contributed by atoms with van der Waals surface area (Å²) in [6.07, 6.45) is 4.68. The molecule has 20 heavy (non-hydrogen) atoms. The molecule has 0 saturated heterocycles. The fourth-order valence-corrected chi connectivity index (χ4v) is 1.79. The Hall–Kier alpha value is -2.21. The van der Waals surface area contributed by atoms with Gasteiger partial charge in [-0.2, -0.15) is 0 Å². The summed E-state index contributed by atoms with van der Waals surface area (Å²) in [5, 5.41) is 15.3. The highest BCUT2D eigenvalue weighted by atomic mass is 16.5. The molecule has 0 aliphatic carbocycles. The summed E-state index contributed by atoms with van der Waals surface area (Å²) >= 11 is 0. The number of carbonyl (C=O) groups excluding carboxylic acids is 1. The smallest absolute Gasteiger partial charge is 0.273 e. The molecule has 0 aliphatic rings. The first kappa shape index (κ1) is 14.2. The van der Waals surface area contributed by atoms with Crippen LogP contribution in [0.3, 0.4) is 0 Å². The number of rotatable bonds is 6. The molecule has 0 saturated carbocycles. The van der Waals surface area contributed by atoms with Crippen molar-refractivity contribution in [3.63, 3.8) is 0 Å². The van der Waals surface area contributed by atoms with Crippen LogP contribution in [-0.4, -0.2) is 33.8 Å². The first-order valence-corrected chi connectivity index (χ1v) is 6.49. The molecule has 6 heteroatoms. The Kier molecular flexibility index (Phi) is 4.84. The van der Waals surface area contributed by atoms with E-state index in [1.807, 2.05) is 13.0 Å². The quantitative estimate of drug-likeness (QED) is 0.836. The van der Waals surface area contributed by atoms with Crippen molar-refractivity contribution in [1.29, 1.82) is 0 Å². The van der Waals surface area contributed by atoms with E-state index in [2.05, 4.69) is 15.5 Å². The normalized spacial score (nSPS) is 12.1. The molecule has 106 valence electrons. The lowest BCUT2D eigenvalue weighted by atomic mass is 10.2. The summed E-state index contributed by atoms with van der Waals surface area (Å²) in [7, 11) is 0. The van der Waals surface area contributed by atoms with Gasteiger partial charge in [-0.15, -0.1) is 0 Å². The average Bonchev–Trinajstić information content (AvgIpc) is 2.96. The van der Waals surface area contributed by atoms with Crippen molar-refractivity contribution >= 4 is 5.91 Å². The molecule has 1 atom stereocenters. The van der Waals surface area contributed by atoms with Crippen LogP contribution in [0.1, 0.15) is 30.3 Å². The summed E-state index contributed by atoms with van der Waals surface area (Å²) in [5.41, 5.74) is 1.01. The van der Waals surface area contributed by atoms with Crippen LogP contribution in [0.4, 0.5) is 0 Å². The van der Waals surface area contributed by atoms with Gasteiger partial charge in [0.1, 0.15) is 0 Å². The fraction of sp³-hybridized carbons (Fsp3) is 0.357. The number of hydrogen-bond acceptors (Lipinski definition) is 5. The van der Waals surface area contributed by atoms with Crippen LogP contribution in [0.2, 0.25) is 0 Å². The van der Waals surface area contributed by atoms with Crippen LogP contribution in [0.5, 0.6) is 0 Å². The summed E-state index contributed by atoms with van der Waals surface area (Å²) in [4.78, 5) is 15.9. The second-order valence-electron chi connectivity index (χ2n) is 4.56. The minimum Gasteiger partial charge on any atom is -0.396 e. The molecule has 0 spiro atoms. The molecule has 2 aromatic rings. The topological polar surface area (TPSA) is 88.2 Å². The molecule has 6 nitrogen and oxygen atoms in total. The minimum atomic E-state index is -0.283. The average molecular weight is 275 g/mol. The van der Waals surface area contributed by atoms with E-state index in [4.69, 9.17) is 9.63 Å². The molecule has 2 heterocycles. The molecule has 0 radical (unpaired) electrons. The number of carbonyl (C=O) groups is 1. The maximum Gasteiger partial charge on any atom is 0.273 e. The molecule has 0 bridgehead atoms. The molecule has 1 unspecified atom stereocenters. The van der Waals surface area contributed by atoms with Crippen LogP contribution < -0.4 is 5.32 Å². The van der Waals surface area contributed by atoms with E-state index in [1.54, 1.807) is 24.5 Å². The predicted molar refractivity (Wildman–Crippen MR) is 73.0 cm³/mol. The van der Waals surface area contributed by atoms with E-state index >= 15 is 0 Å². The van der Waals surface area contributed by atoms with Crippen LogP contribution in [0, 0.1) is 0 Å². The molecule has 1 amide bonds. The van der Waals surface area contributed by atoms with Crippen molar-refractivity contribution in [2.75, 3.05) is 6.61 Å². The highest BCUT2D eigenvalue weighted by Crippen LogP contribution is 2.18. The lowest BCUT2D eigenvalue weighted by molar-refractivity contribution is 0.0927. The fourth-order valence-electron chi connectivity index (χ4n) is 1.79. The monoisotopic (exact) mass is 275 g/mol. The Labute approximate surface area is 116 Å². The van der Waals surface area contributed by atoms with Gasteiger partial charge in [-0.05, 0) is 31.9 Å². The number of aromatic nitrogens is 2. The lowest BCUT2D eigenvalue weighted by Crippen LogP contribution is -2.32. The van der Waals surface area contributed by atoms with Crippen LogP contribution >= 0.6 is 0 Å². The van der Waals surface area contributed by atoms with E-state index < -0.39 is 0 Å². The maximum atomic E-state index is 12.0. The first-order chi connectivity index (χ1) is 9.70. The van der Waals surface area contributed by atoms with E-state index in [0.717, 1.165) is 12.0 Å². The molecule has 0 aliphatic heterocycles. The highest BCUT2D eigenvalue weighted by Gasteiger charge is 2.15.